The van der Waals surface area contributed by atoms with Crippen molar-refractivity contribution < 1.29 is 17.1 Å². The van der Waals surface area contributed by atoms with Gasteiger partial charge in [0.2, 0.25) is 5.91 Å². The molecule has 1 atom stereocenters. The maximum atomic E-state index is 12.7. The van der Waals surface area contributed by atoms with Crippen LogP contribution in [0.15, 0.2) is 0 Å². The second kappa shape index (κ2) is 7.70. The highest BCUT2D eigenvalue weighted by Crippen LogP contribution is 2.20. The normalized spacial score (nSPS) is 25.1. The van der Waals surface area contributed by atoms with E-state index in [2.05, 4.69) is 16.8 Å². The van der Waals surface area contributed by atoms with Gasteiger partial charge in [-0.1, -0.05) is 0 Å². The van der Waals surface area contributed by atoms with Crippen molar-refractivity contribution in [1.29, 1.82) is 0 Å². The van der Waals surface area contributed by atoms with Gasteiger partial charge in [0.15, 0.2) is 0 Å². The van der Waals surface area contributed by atoms with E-state index < -0.39 is 16.0 Å². The van der Waals surface area contributed by atoms with Crippen molar-refractivity contribution in [2.45, 2.75) is 19.3 Å². The summed E-state index contributed by atoms with van der Waals surface area (Å²) in [5.74, 6) is -0.968. The first-order chi connectivity index (χ1) is 10.3. The van der Waals surface area contributed by atoms with E-state index in [9.17, 15) is 17.1 Å². The molecular formula is C14H26FN3O3S. The lowest BCUT2D eigenvalue weighted by molar-refractivity contribution is -0.127. The van der Waals surface area contributed by atoms with Gasteiger partial charge in [0.1, 0.15) is 0 Å². The predicted molar refractivity (Wildman–Crippen MR) is 82.8 cm³/mol. The van der Waals surface area contributed by atoms with Crippen molar-refractivity contribution in [3.63, 3.8) is 0 Å². The lowest BCUT2D eigenvalue weighted by Gasteiger charge is -2.32. The van der Waals surface area contributed by atoms with E-state index in [1.807, 2.05) is 0 Å². The number of hydrogen-bond acceptors (Lipinski definition) is 5. The Morgan fingerprint density at radius 2 is 1.77 bits per heavy atom. The number of likely N-dealkylation sites (N-methyl/N-ethyl adjacent to an activating group) is 1. The fourth-order valence-corrected chi connectivity index (χ4v) is 3.96. The molecule has 0 spiro atoms. The van der Waals surface area contributed by atoms with Gasteiger partial charge in [0, 0.05) is 51.6 Å². The maximum absolute atomic E-state index is 12.7. The van der Waals surface area contributed by atoms with Gasteiger partial charge in [0.05, 0.1) is 5.75 Å². The Labute approximate surface area is 132 Å². The topological polar surface area (TPSA) is 60.9 Å². The molecule has 8 heteroatoms. The molecule has 0 radical (unpaired) electrons. The van der Waals surface area contributed by atoms with Gasteiger partial charge in [-0.3, -0.25) is 4.79 Å². The molecule has 6 nitrogen and oxygen atoms in total. The van der Waals surface area contributed by atoms with Gasteiger partial charge in [-0.2, -0.15) is 8.42 Å². The summed E-state index contributed by atoms with van der Waals surface area (Å²) in [4.78, 5) is 18.2. The molecular weight excluding hydrogens is 309 g/mol. The molecule has 2 fully saturated rings. The molecule has 0 aliphatic carbocycles. The fourth-order valence-electron chi connectivity index (χ4n) is 3.17. The summed E-state index contributed by atoms with van der Waals surface area (Å²) in [5.41, 5.74) is 0. The Morgan fingerprint density at radius 3 is 2.41 bits per heavy atom. The minimum absolute atomic E-state index is 0.0479. The van der Waals surface area contributed by atoms with Crippen LogP contribution in [0.1, 0.15) is 19.3 Å². The summed E-state index contributed by atoms with van der Waals surface area (Å²) in [6, 6.07) is 0. The number of piperazine rings is 1. The summed E-state index contributed by atoms with van der Waals surface area (Å²) in [7, 11) is -2.36. The van der Waals surface area contributed by atoms with Crippen molar-refractivity contribution in [2.75, 3.05) is 58.6 Å². The summed E-state index contributed by atoms with van der Waals surface area (Å²) < 4.78 is 34.0. The number of carbonyl (C=O) groups excluding carboxylic acids is 1. The Kier molecular flexibility index (Phi) is 6.17. The number of halogens is 1. The van der Waals surface area contributed by atoms with Crippen LogP contribution >= 0.6 is 0 Å². The molecule has 128 valence electrons. The third-order valence-electron chi connectivity index (χ3n) is 4.48. The van der Waals surface area contributed by atoms with Gasteiger partial charge < -0.3 is 14.7 Å². The summed E-state index contributed by atoms with van der Waals surface area (Å²) in [5, 5.41) is 0. The van der Waals surface area contributed by atoms with E-state index in [1.54, 1.807) is 4.90 Å². The molecule has 0 bridgehead atoms. The molecule has 0 N–H and O–H groups in total. The van der Waals surface area contributed by atoms with Crippen LogP contribution in [0.4, 0.5) is 3.89 Å². The molecule has 0 aromatic carbocycles. The molecule has 0 aromatic rings. The van der Waals surface area contributed by atoms with E-state index in [1.165, 1.54) is 0 Å². The monoisotopic (exact) mass is 335 g/mol. The van der Waals surface area contributed by atoms with Crippen LogP contribution in [-0.2, 0) is 15.0 Å². The highest BCUT2D eigenvalue weighted by molar-refractivity contribution is 7.86. The molecule has 1 amide bonds. The Balaban J connectivity index is 1.62. The lowest BCUT2D eigenvalue weighted by Crippen LogP contribution is -2.44. The Hall–Kier alpha value is -0.730. The van der Waals surface area contributed by atoms with Crippen molar-refractivity contribution in [1.82, 2.24) is 14.7 Å². The molecule has 22 heavy (non-hydrogen) atoms. The van der Waals surface area contributed by atoms with Crippen LogP contribution in [0.3, 0.4) is 0 Å². The standard InChI is InChI=1S/C14H26FN3O3S/c1-16-6-8-17(9-7-16)4-2-3-5-18-11-13(10-14(18)19)12-22(15,20)21/h13H,2-12H2,1H3. The number of likely N-dealkylation sites (tertiary alicyclic amines) is 1. The molecule has 2 saturated heterocycles. The van der Waals surface area contributed by atoms with Crippen molar-refractivity contribution in [3.05, 3.63) is 0 Å². The highest BCUT2D eigenvalue weighted by atomic mass is 32.3. The van der Waals surface area contributed by atoms with Crippen LogP contribution in [-0.4, -0.2) is 87.6 Å². The molecule has 0 saturated carbocycles. The van der Waals surface area contributed by atoms with Crippen molar-refractivity contribution >= 4 is 16.1 Å². The summed E-state index contributed by atoms with van der Waals surface area (Å²) >= 11 is 0. The van der Waals surface area contributed by atoms with Crippen LogP contribution in [0.25, 0.3) is 0 Å². The minimum atomic E-state index is -4.49. The third kappa shape index (κ3) is 5.81. The number of rotatable bonds is 7. The SMILES string of the molecule is CN1CCN(CCCCN2CC(CS(=O)(=O)F)CC2=O)CC1. The average molecular weight is 335 g/mol. The zero-order valence-electron chi connectivity index (χ0n) is 13.2. The first kappa shape index (κ1) is 17.6. The average Bonchev–Trinajstić information content (AvgIpc) is 2.74. The number of carbonyl (C=O) groups is 1. The second-order valence-corrected chi connectivity index (χ2v) is 7.88. The largest absolute Gasteiger partial charge is 0.342 e. The smallest absolute Gasteiger partial charge is 0.302 e. The second-order valence-electron chi connectivity index (χ2n) is 6.47. The molecule has 0 aromatic heterocycles. The van der Waals surface area contributed by atoms with Crippen molar-refractivity contribution in [2.24, 2.45) is 5.92 Å². The van der Waals surface area contributed by atoms with Gasteiger partial charge >= 0.3 is 10.2 Å². The maximum Gasteiger partial charge on any atom is 0.302 e. The van der Waals surface area contributed by atoms with E-state index in [0.717, 1.165) is 45.6 Å². The third-order valence-corrected chi connectivity index (χ3v) is 5.35. The number of amides is 1. The van der Waals surface area contributed by atoms with E-state index >= 15 is 0 Å². The van der Waals surface area contributed by atoms with Crippen LogP contribution in [0.5, 0.6) is 0 Å². The Bertz CT molecular complexity index is 478. The molecule has 2 aliphatic rings. The van der Waals surface area contributed by atoms with Crippen LogP contribution in [0, 0.1) is 5.92 Å². The minimum Gasteiger partial charge on any atom is -0.342 e. The zero-order chi connectivity index (χ0) is 16.2. The Morgan fingerprint density at radius 1 is 1.14 bits per heavy atom. The molecule has 2 rings (SSSR count). The highest BCUT2D eigenvalue weighted by Gasteiger charge is 2.32. The van der Waals surface area contributed by atoms with Gasteiger partial charge in [-0.15, -0.1) is 3.89 Å². The van der Waals surface area contributed by atoms with Crippen LogP contribution < -0.4 is 0 Å². The number of hydrogen-bond donors (Lipinski definition) is 0. The van der Waals surface area contributed by atoms with E-state index in [4.69, 9.17) is 0 Å². The van der Waals surface area contributed by atoms with Crippen molar-refractivity contribution in [3.8, 4) is 0 Å². The number of nitrogens with zero attached hydrogens (tertiary/aromatic N) is 3. The predicted octanol–water partition coefficient (Wildman–Crippen LogP) is 0.162. The van der Waals surface area contributed by atoms with Gasteiger partial charge in [-0.25, -0.2) is 0 Å². The quantitative estimate of drug-likeness (QED) is 0.490. The van der Waals surface area contributed by atoms with Gasteiger partial charge in [-0.05, 0) is 26.4 Å². The van der Waals surface area contributed by atoms with E-state index in [0.29, 0.717) is 13.1 Å². The first-order valence-corrected chi connectivity index (χ1v) is 9.50. The lowest BCUT2D eigenvalue weighted by atomic mass is 10.1. The molecule has 2 heterocycles. The van der Waals surface area contributed by atoms with Gasteiger partial charge in [0.25, 0.3) is 0 Å². The zero-order valence-corrected chi connectivity index (χ0v) is 14.0. The fraction of sp³-hybridized carbons (Fsp3) is 0.929. The van der Waals surface area contributed by atoms with E-state index in [-0.39, 0.29) is 18.2 Å². The summed E-state index contributed by atoms with van der Waals surface area (Å²) in [6.07, 6.45) is 2.09. The first-order valence-electron chi connectivity index (χ1n) is 7.94. The number of unbranched alkanes of at least 4 members (excludes halogenated alkanes) is 1. The van der Waals surface area contributed by atoms with Crippen LogP contribution in [0.2, 0.25) is 0 Å². The summed E-state index contributed by atoms with van der Waals surface area (Å²) in [6.45, 7) is 6.45. The molecule has 1 unspecified atom stereocenters. The molecule has 2 aliphatic heterocycles.